The van der Waals surface area contributed by atoms with Crippen LogP contribution in [0.1, 0.15) is 60.8 Å². The van der Waals surface area contributed by atoms with Crippen LogP contribution in [-0.4, -0.2) is 29.7 Å². The second kappa shape index (κ2) is 10.9. The molecule has 1 rings (SSSR count). The Morgan fingerprint density at radius 3 is 1.81 bits per heavy atom. The molecule has 1 aliphatic rings. The number of carboxylic acid groups (broad SMARTS) is 1. The molecule has 2 N–H and O–H groups in total. The van der Waals surface area contributed by atoms with E-state index >= 15 is 0 Å². The van der Waals surface area contributed by atoms with Crippen molar-refractivity contribution in [3.8, 4) is 0 Å². The van der Waals surface area contributed by atoms with E-state index in [1.165, 1.54) is 24.2 Å². The summed E-state index contributed by atoms with van der Waals surface area (Å²) in [6.45, 7) is 12.6. The number of aliphatic carboxylic acids is 1. The van der Waals surface area contributed by atoms with Crippen molar-refractivity contribution in [2.75, 3.05) is 6.54 Å². The number of nitrogens with one attached hydrogen (secondary N) is 1. The number of likely N-dealkylation sites (tertiary alicyclic amines) is 1. The molecular formula is C13H30NO2+. The van der Waals surface area contributed by atoms with Gasteiger partial charge in [-0.15, -0.1) is 0 Å². The highest BCUT2D eigenvalue weighted by atomic mass is 16.4. The third-order valence-electron chi connectivity index (χ3n) is 2.90. The number of hydrogen-bond acceptors (Lipinski definition) is 1. The number of carboxylic acids is 1. The number of hydrogen-bond donors (Lipinski definition) is 2. The molecule has 0 radical (unpaired) electrons. The molecule has 1 fully saturated rings. The maximum Gasteiger partial charge on any atom is 0.359 e. The van der Waals surface area contributed by atoms with Crippen LogP contribution in [0.5, 0.6) is 0 Å². The van der Waals surface area contributed by atoms with Gasteiger partial charge < -0.3 is 10.0 Å². The molecule has 98 valence electrons. The standard InChI is InChI=1S/C9H17NO2.2C2H6/c1-7-4-3-5-8(2)10(7)6-9(11)12;2*1-2/h7-8H,3-6H2,1-2H3,(H,11,12);2*1-2H3/p+1. The van der Waals surface area contributed by atoms with Gasteiger partial charge in [0.2, 0.25) is 0 Å². The molecule has 1 heterocycles. The quantitative estimate of drug-likeness (QED) is 0.764. The first-order valence-electron chi connectivity index (χ1n) is 6.68. The van der Waals surface area contributed by atoms with Crippen molar-refractivity contribution in [3.63, 3.8) is 0 Å². The van der Waals surface area contributed by atoms with Gasteiger partial charge in [-0.3, -0.25) is 0 Å². The first-order valence-corrected chi connectivity index (χ1v) is 6.68. The molecule has 2 unspecified atom stereocenters. The highest BCUT2D eigenvalue weighted by Gasteiger charge is 2.29. The van der Waals surface area contributed by atoms with E-state index in [2.05, 4.69) is 13.8 Å². The smallest absolute Gasteiger partial charge is 0.359 e. The van der Waals surface area contributed by atoms with Crippen LogP contribution >= 0.6 is 0 Å². The van der Waals surface area contributed by atoms with Gasteiger partial charge in [0.1, 0.15) is 0 Å². The van der Waals surface area contributed by atoms with E-state index in [1.54, 1.807) is 0 Å². The lowest BCUT2D eigenvalue weighted by Crippen LogP contribution is -3.20. The molecule has 0 aromatic heterocycles. The highest BCUT2D eigenvalue weighted by Crippen LogP contribution is 2.06. The van der Waals surface area contributed by atoms with E-state index in [0.29, 0.717) is 12.1 Å². The van der Waals surface area contributed by atoms with Crippen LogP contribution in [0.25, 0.3) is 0 Å². The number of quaternary nitrogens is 1. The molecule has 2 atom stereocenters. The summed E-state index contributed by atoms with van der Waals surface area (Å²) in [6, 6.07) is 1.04. The second-order valence-electron chi connectivity index (χ2n) is 3.88. The first-order chi connectivity index (χ1) is 7.61. The number of piperidine rings is 1. The fourth-order valence-electron chi connectivity index (χ4n) is 2.11. The third-order valence-corrected chi connectivity index (χ3v) is 2.90. The minimum Gasteiger partial charge on any atom is -0.477 e. The first kappa shape index (κ1) is 17.8. The molecule has 1 saturated heterocycles. The molecule has 1 aliphatic heterocycles. The largest absolute Gasteiger partial charge is 0.477 e. The van der Waals surface area contributed by atoms with Gasteiger partial charge in [0.05, 0.1) is 12.1 Å². The average Bonchev–Trinajstić information content (AvgIpc) is 2.29. The van der Waals surface area contributed by atoms with Crippen molar-refractivity contribution in [1.29, 1.82) is 0 Å². The van der Waals surface area contributed by atoms with Crippen LogP contribution < -0.4 is 4.90 Å². The lowest BCUT2D eigenvalue weighted by Gasteiger charge is -2.34. The summed E-state index contributed by atoms with van der Waals surface area (Å²) < 4.78 is 0. The molecule has 0 amide bonds. The Morgan fingerprint density at radius 2 is 1.50 bits per heavy atom. The van der Waals surface area contributed by atoms with Crippen LogP contribution in [0.4, 0.5) is 0 Å². The molecule has 0 aromatic rings. The van der Waals surface area contributed by atoms with E-state index < -0.39 is 5.97 Å². The van der Waals surface area contributed by atoms with Gasteiger partial charge in [-0.25, -0.2) is 4.79 Å². The van der Waals surface area contributed by atoms with Crippen molar-refractivity contribution < 1.29 is 14.8 Å². The van der Waals surface area contributed by atoms with Crippen LogP contribution in [0.15, 0.2) is 0 Å². The molecule has 16 heavy (non-hydrogen) atoms. The predicted octanol–water partition coefficient (Wildman–Crippen LogP) is 1.97. The number of carbonyl (C=O) groups is 1. The zero-order chi connectivity index (χ0) is 13.1. The van der Waals surface area contributed by atoms with Gasteiger partial charge >= 0.3 is 5.97 Å². The van der Waals surface area contributed by atoms with Crippen molar-refractivity contribution in [2.24, 2.45) is 0 Å². The van der Waals surface area contributed by atoms with E-state index in [-0.39, 0.29) is 6.54 Å². The molecule has 0 aromatic carbocycles. The Hall–Kier alpha value is -0.570. The molecule has 0 aliphatic carbocycles. The molecule has 0 spiro atoms. The molecule has 3 heteroatoms. The molecule has 0 bridgehead atoms. The highest BCUT2D eigenvalue weighted by molar-refractivity contribution is 5.67. The maximum absolute atomic E-state index is 10.5. The van der Waals surface area contributed by atoms with Crippen LogP contribution in [-0.2, 0) is 4.79 Å². The fourth-order valence-corrected chi connectivity index (χ4v) is 2.11. The van der Waals surface area contributed by atoms with E-state index in [9.17, 15) is 4.79 Å². The Kier molecular flexibility index (Phi) is 12.2. The molecular weight excluding hydrogens is 202 g/mol. The summed E-state index contributed by atoms with van der Waals surface area (Å²) in [5, 5.41) is 8.68. The Morgan fingerprint density at radius 1 is 1.12 bits per heavy atom. The molecule has 3 nitrogen and oxygen atoms in total. The summed E-state index contributed by atoms with van der Waals surface area (Å²) in [6.07, 6.45) is 3.60. The zero-order valence-corrected chi connectivity index (χ0v) is 11.8. The lowest BCUT2D eigenvalue weighted by molar-refractivity contribution is -0.944. The van der Waals surface area contributed by atoms with Gasteiger partial charge in [-0.2, -0.15) is 0 Å². The zero-order valence-electron chi connectivity index (χ0n) is 11.8. The second-order valence-corrected chi connectivity index (χ2v) is 3.88. The van der Waals surface area contributed by atoms with Gasteiger partial charge in [0.25, 0.3) is 0 Å². The van der Waals surface area contributed by atoms with Crippen LogP contribution in [0.3, 0.4) is 0 Å². The van der Waals surface area contributed by atoms with E-state index in [0.717, 1.165) is 0 Å². The van der Waals surface area contributed by atoms with Gasteiger partial charge in [-0.1, -0.05) is 27.7 Å². The number of rotatable bonds is 2. The predicted molar refractivity (Wildman–Crippen MR) is 68.9 cm³/mol. The summed E-state index contributed by atoms with van der Waals surface area (Å²) in [5.74, 6) is -0.675. The minimum absolute atomic E-state index is 0.280. The SMILES string of the molecule is CC.CC.CC1CCCC(C)[NH+]1CC(=O)O. The van der Waals surface area contributed by atoms with Gasteiger partial charge in [-0.05, 0) is 33.1 Å². The van der Waals surface area contributed by atoms with Crippen molar-refractivity contribution in [2.45, 2.75) is 72.9 Å². The van der Waals surface area contributed by atoms with Crippen molar-refractivity contribution in [1.82, 2.24) is 0 Å². The minimum atomic E-state index is -0.675. The summed E-state index contributed by atoms with van der Waals surface area (Å²) in [5.41, 5.74) is 0. The van der Waals surface area contributed by atoms with Crippen LogP contribution in [0, 0.1) is 0 Å². The van der Waals surface area contributed by atoms with E-state index in [1.807, 2.05) is 27.7 Å². The lowest BCUT2D eigenvalue weighted by atomic mass is 9.98. The summed E-state index contributed by atoms with van der Waals surface area (Å²) in [4.78, 5) is 11.8. The van der Waals surface area contributed by atoms with Gasteiger partial charge in [0.15, 0.2) is 6.54 Å². The van der Waals surface area contributed by atoms with E-state index in [4.69, 9.17) is 5.11 Å². The Balaban J connectivity index is 0. The Bertz CT molecular complexity index is 161. The fraction of sp³-hybridized carbons (Fsp3) is 0.923. The topological polar surface area (TPSA) is 41.7 Å². The summed E-state index contributed by atoms with van der Waals surface area (Å²) >= 11 is 0. The summed E-state index contributed by atoms with van der Waals surface area (Å²) in [7, 11) is 0. The van der Waals surface area contributed by atoms with Crippen molar-refractivity contribution in [3.05, 3.63) is 0 Å². The monoisotopic (exact) mass is 232 g/mol. The van der Waals surface area contributed by atoms with Gasteiger partial charge in [0, 0.05) is 0 Å². The van der Waals surface area contributed by atoms with Crippen LogP contribution in [0.2, 0.25) is 0 Å². The third kappa shape index (κ3) is 6.83. The normalized spacial score (nSPS) is 28.0. The molecule has 0 saturated carbocycles. The maximum atomic E-state index is 10.5. The average molecular weight is 232 g/mol. The Labute approximate surface area is 101 Å². The van der Waals surface area contributed by atoms with Crippen molar-refractivity contribution >= 4 is 5.97 Å².